The number of rotatable bonds is 1. The lowest BCUT2D eigenvalue weighted by atomic mass is 10.0. The summed E-state index contributed by atoms with van der Waals surface area (Å²) in [5.74, 6) is 0.714. The van der Waals surface area contributed by atoms with Crippen molar-refractivity contribution in [2.75, 3.05) is 0 Å². The maximum absolute atomic E-state index is 6.29. The number of nitrogens with zero attached hydrogens (tertiary/aromatic N) is 2. The molecule has 0 aliphatic carbocycles. The Bertz CT molecular complexity index is 777. The van der Waals surface area contributed by atoms with Crippen LogP contribution in [-0.4, -0.2) is 9.97 Å². The van der Waals surface area contributed by atoms with Crippen molar-refractivity contribution in [3.05, 3.63) is 45.7 Å². The highest BCUT2D eigenvalue weighted by Gasteiger charge is 2.13. The summed E-state index contributed by atoms with van der Waals surface area (Å²) in [7, 11) is 0. The van der Waals surface area contributed by atoms with Crippen molar-refractivity contribution in [1.82, 2.24) is 9.97 Å². The lowest BCUT2D eigenvalue weighted by Crippen LogP contribution is -1.88. The van der Waals surface area contributed by atoms with Gasteiger partial charge in [0.05, 0.1) is 5.39 Å². The Kier molecular flexibility index (Phi) is 3.03. The van der Waals surface area contributed by atoms with Crippen molar-refractivity contribution < 1.29 is 0 Å². The van der Waals surface area contributed by atoms with Gasteiger partial charge < -0.3 is 0 Å². The number of fused-ring (bicyclic) bond motifs is 1. The summed E-state index contributed by atoms with van der Waals surface area (Å²) < 4.78 is 0. The van der Waals surface area contributed by atoms with Crippen LogP contribution in [0.1, 0.15) is 17.0 Å². The second-order valence-corrected chi connectivity index (χ2v) is 5.91. The van der Waals surface area contributed by atoms with E-state index in [-0.39, 0.29) is 0 Å². The van der Waals surface area contributed by atoms with E-state index in [2.05, 4.69) is 47.4 Å². The van der Waals surface area contributed by atoms with Crippen LogP contribution in [0, 0.1) is 20.8 Å². The summed E-state index contributed by atoms with van der Waals surface area (Å²) in [6.07, 6.45) is 0. The molecule has 0 unspecified atom stereocenters. The second kappa shape index (κ2) is 4.58. The molecule has 0 saturated heterocycles. The largest absolute Gasteiger partial charge is 0.222 e. The zero-order valence-electron chi connectivity index (χ0n) is 11.0. The molecule has 1 aromatic carbocycles. The molecule has 0 aliphatic rings. The van der Waals surface area contributed by atoms with Crippen LogP contribution >= 0.6 is 22.9 Å². The minimum absolute atomic E-state index is 0.539. The average Bonchev–Trinajstić information content (AvgIpc) is 2.76. The summed E-state index contributed by atoms with van der Waals surface area (Å²) in [6.45, 7) is 6.10. The van der Waals surface area contributed by atoms with Crippen LogP contribution < -0.4 is 0 Å². The minimum Gasteiger partial charge on any atom is -0.222 e. The summed E-state index contributed by atoms with van der Waals surface area (Å²) in [5.41, 5.74) is 4.86. The number of aryl methyl sites for hydroxylation is 3. The molecule has 2 aromatic heterocycles. The van der Waals surface area contributed by atoms with Crippen LogP contribution in [-0.2, 0) is 0 Å². The molecule has 0 bridgehead atoms. The van der Waals surface area contributed by atoms with Gasteiger partial charge in [0.25, 0.3) is 0 Å². The summed E-state index contributed by atoms with van der Waals surface area (Å²) in [5, 5.41) is 3.60. The zero-order chi connectivity index (χ0) is 13.6. The van der Waals surface area contributed by atoms with E-state index in [9.17, 15) is 0 Å². The molecule has 0 fully saturated rings. The molecule has 0 amide bonds. The maximum Gasteiger partial charge on any atom is 0.142 e. The highest BCUT2D eigenvalue weighted by Crippen LogP contribution is 2.37. The molecule has 0 atom stereocenters. The number of thiophene rings is 1. The van der Waals surface area contributed by atoms with E-state index in [1.165, 1.54) is 16.7 Å². The molecule has 3 rings (SSSR count). The zero-order valence-corrected chi connectivity index (χ0v) is 12.6. The Morgan fingerprint density at radius 1 is 1.05 bits per heavy atom. The normalized spacial score (nSPS) is 11.2. The molecule has 2 heterocycles. The van der Waals surface area contributed by atoms with Gasteiger partial charge in [0.15, 0.2) is 0 Å². The molecule has 2 nitrogen and oxygen atoms in total. The molecule has 0 radical (unpaired) electrons. The van der Waals surface area contributed by atoms with Gasteiger partial charge in [0.2, 0.25) is 0 Å². The second-order valence-electron chi connectivity index (χ2n) is 4.69. The quantitative estimate of drug-likeness (QED) is 0.593. The van der Waals surface area contributed by atoms with E-state index >= 15 is 0 Å². The van der Waals surface area contributed by atoms with Crippen LogP contribution in [0.5, 0.6) is 0 Å². The van der Waals surface area contributed by atoms with E-state index in [1.807, 2.05) is 6.92 Å². The smallest absolute Gasteiger partial charge is 0.142 e. The topological polar surface area (TPSA) is 25.8 Å². The van der Waals surface area contributed by atoms with Gasteiger partial charge in [-0.05, 0) is 37.5 Å². The number of hydrogen-bond acceptors (Lipinski definition) is 3. The van der Waals surface area contributed by atoms with Gasteiger partial charge in [-0.2, -0.15) is 0 Å². The first-order valence-corrected chi connectivity index (χ1v) is 7.31. The van der Waals surface area contributed by atoms with E-state index < -0.39 is 0 Å². The Morgan fingerprint density at radius 3 is 2.58 bits per heavy atom. The van der Waals surface area contributed by atoms with Crippen molar-refractivity contribution in [3.63, 3.8) is 0 Å². The highest BCUT2D eigenvalue weighted by molar-refractivity contribution is 7.17. The minimum atomic E-state index is 0.539. The van der Waals surface area contributed by atoms with Crippen molar-refractivity contribution in [2.24, 2.45) is 0 Å². The molecular formula is C15H13ClN2S. The molecule has 0 aliphatic heterocycles. The Morgan fingerprint density at radius 2 is 1.84 bits per heavy atom. The van der Waals surface area contributed by atoms with Crippen LogP contribution in [0.2, 0.25) is 5.15 Å². The predicted octanol–water partition coefficient (Wildman–Crippen LogP) is 4.94. The third-order valence-corrected chi connectivity index (χ3v) is 4.46. The standard InChI is InChI=1S/C15H13ClN2S/c1-8-4-5-11(6-9(8)2)12-7-19-15-13(12)14(16)17-10(3)18-15/h4-7H,1-3H3. The first kappa shape index (κ1) is 12.6. The van der Waals surface area contributed by atoms with Gasteiger partial charge in [0.1, 0.15) is 15.8 Å². The fourth-order valence-corrected chi connectivity index (χ4v) is 3.48. The fourth-order valence-electron chi connectivity index (χ4n) is 2.12. The Hall–Kier alpha value is -1.45. The van der Waals surface area contributed by atoms with E-state index in [4.69, 9.17) is 11.6 Å². The third kappa shape index (κ3) is 2.13. The molecule has 0 saturated carbocycles. The number of halogens is 1. The monoisotopic (exact) mass is 288 g/mol. The van der Waals surface area contributed by atoms with Gasteiger partial charge in [-0.3, -0.25) is 0 Å². The summed E-state index contributed by atoms with van der Waals surface area (Å²) >= 11 is 7.90. The van der Waals surface area contributed by atoms with Crippen LogP contribution in [0.3, 0.4) is 0 Å². The molecule has 96 valence electrons. The van der Waals surface area contributed by atoms with Crippen LogP contribution in [0.4, 0.5) is 0 Å². The first-order valence-electron chi connectivity index (χ1n) is 6.05. The summed E-state index contributed by atoms with van der Waals surface area (Å²) in [4.78, 5) is 9.66. The van der Waals surface area contributed by atoms with Crippen molar-refractivity contribution in [3.8, 4) is 11.1 Å². The lowest BCUT2D eigenvalue weighted by Gasteiger charge is -2.05. The maximum atomic E-state index is 6.29. The van der Waals surface area contributed by atoms with Gasteiger partial charge in [0, 0.05) is 10.9 Å². The third-order valence-electron chi connectivity index (χ3n) is 3.32. The fraction of sp³-hybridized carbons (Fsp3) is 0.200. The van der Waals surface area contributed by atoms with Crippen molar-refractivity contribution >= 4 is 33.2 Å². The average molecular weight is 289 g/mol. The lowest BCUT2D eigenvalue weighted by molar-refractivity contribution is 1.10. The molecule has 0 N–H and O–H groups in total. The number of hydrogen-bond donors (Lipinski definition) is 0. The molecule has 3 aromatic rings. The van der Waals surface area contributed by atoms with Gasteiger partial charge in [-0.15, -0.1) is 11.3 Å². The molecule has 19 heavy (non-hydrogen) atoms. The Balaban J connectivity index is 2.28. The number of aromatic nitrogens is 2. The van der Waals surface area contributed by atoms with E-state index in [1.54, 1.807) is 11.3 Å². The van der Waals surface area contributed by atoms with Crippen molar-refractivity contribution in [1.29, 1.82) is 0 Å². The summed E-state index contributed by atoms with van der Waals surface area (Å²) in [6, 6.07) is 6.45. The molecule has 0 spiro atoms. The van der Waals surface area contributed by atoms with Gasteiger partial charge in [-0.1, -0.05) is 29.8 Å². The molecule has 4 heteroatoms. The highest BCUT2D eigenvalue weighted by atomic mass is 35.5. The van der Waals surface area contributed by atoms with Crippen LogP contribution in [0.25, 0.3) is 21.3 Å². The van der Waals surface area contributed by atoms with Gasteiger partial charge in [-0.25, -0.2) is 9.97 Å². The van der Waals surface area contributed by atoms with E-state index in [0.717, 1.165) is 15.8 Å². The van der Waals surface area contributed by atoms with Crippen LogP contribution in [0.15, 0.2) is 23.6 Å². The Labute approximate surface area is 121 Å². The van der Waals surface area contributed by atoms with E-state index in [0.29, 0.717) is 11.0 Å². The first-order chi connectivity index (χ1) is 9.06. The van der Waals surface area contributed by atoms with Gasteiger partial charge >= 0.3 is 0 Å². The SMILES string of the molecule is Cc1nc(Cl)c2c(-c3ccc(C)c(C)c3)csc2n1. The van der Waals surface area contributed by atoms with Crippen molar-refractivity contribution in [2.45, 2.75) is 20.8 Å². The predicted molar refractivity (Wildman–Crippen MR) is 82.1 cm³/mol. The number of benzene rings is 1. The molecular weight excluding hydrogens is 276 g/mol.